The van der Waals surface area contributed by atoms with Crippen molar-refractivity contribution in [3.8, 4) is 11.3 Å². The molecule has 0 aliphatic rings. The summed E-state index contributed by atoms with van der Waals surface area (Å²) in [6.07, 6.45) is 3.61. The SMILES string of the molecule is CCC[C@H](C(=O)O)C(Cc1ccc(-c2c(C)nn(C)c2C)nc1)c1nnn[nH]1. The molecule has 3 aromatic heterocycles. The number of hydrogen-bond donors (Lipinski definition) is 2. The van der Waals surface area contributed by atoms with Gasteiger partial charge in [-0.25, -0.2) is 5.10 Å². The molecule has 0 saturated carbocycles. The number of carbonyl (C=O) groups is 1. The number of nitrogens with zero attached hydrogens (tertiary/aromatic N) is 6. The maximum absolute atomic E-state index is 11.8. The van der Waals surface area contributed by atoms with E-state index in [0.717, 1.165) is 34.6 Å². The minimum Gasteiger partial charge on any atom is -0.481 e. The van der Waals surface area contributed by atoms with E-state index in [1.165, 1.54) is 0 Å². The first-order valence-electron chi connectivity index (χ1n) is 9.34. The smallest absolute Gasteiger partial charge is 0.307 e. The summed E-state index contributed by atoms with van der Waals surface area (Å²) >= 11 is 0. The van der Waals surface area contributed by atoms with Crippen molar-refractivity contribution in [3.05, 3.63) is 41.1 Å². The van der Waals surface area contributed by atoms with E-state index in [4.69, 9.17) is 0 Å². The number of tetrazole rings is 1. The summed E-state index contributed by atoms with van der Waals surface area (Å²) in [6.45, 7) is 5.95. The summed E-state index contributed by atoms with van der Waals surface area (Å²) in [7, 11) is 1.91. The Morgan fingerprint density at radius 1 is 1.32 bits per heavy atom. The summed E-state index contributed by atoms with van der Waals surface area (Å²) in [4.78, 5) is 16.4. The number of aromatic amines is 1. The lowest BCUT2D eigenvalue weighted by atomic mass is 9.83. The second kappa shape index (κ2) is 8.28. The molecule has 3 aromatic rings. The number of aromatic nitrogens is 7. The van der Waals surface area contributed by atoms with Gasteiger partial charge in [0.2, 0.25) is 0 Å². The molecule has 2 N–H and O–H groups in total. The zero-order valence-corrected chi connectivity index (χ0v) is 16.5. The molecular formula is C19H25N7O2. The van der Waals surface area contributed by atoms with Crippen LogP contribution in [0.5, 0.6) is 0 Å². The third-order valence-electron chi connectivity index (χ3n) is 5.16. The lowest BCUT2D eigenvalue weighted by Gasteiger charge is -2.21. The number of aryl methyl sites for hydroxylation is 2. The van der Waals surface area contributed by atoms with Crippen LogP contribution in [-0.4, -0.2) is 46.5 Å². The van der Waals surface area contributed by atoms with Crippen LogP contribution in [0.15, 0.2) is 18.3 Å². The molecule has 0 amide bonds. The van der Waals surface area contributed by atoms with Gasteiger partial charge in [0.15, 0.2) is 5.82 Å². The highest BCUT2D eigenvalue weighted by atomic mass is 16.4. The van der Waals surface area contributed by atoms with E-state index in [-0.39, 0.29) is 5.92 Å². The summed E-state index contributed by atoms with van der Waals surface area (Å²) in [6, 6.07) is 3.94. The molecule has 3 rings (SSSR count). The van der Waals surface area contributed by atoms with Crippen molar-refractivity contribution in [2.45, 2.75) is 46.0 Å². The van der Waals surface area contributed by atoms with Gasteiger partial charge in [-0.05, 0) is 48.7 Å². The zero-order chi connectivity index (χ0) is 20.3. The van der Waals surface area contributed by atoms with E-state index >= 15 is 0 Å². The molecule has 0 bridgehead atoms. The molecule has 2 atom stereocenters. The number of nitrogens with one attached hydrogen (secondary N) is 1. The summed E-state index contributed by atoms with van der Waals surface area (Å²) in [5.74, 6) is -1.26. The second-order valence-corrected chi connectivity index (χ2v) is 7.05. The Bertz CT molecular complexity index is 932. The number of H-pyrrole nitrogens is 1. The van der Waals surface area contributed by atoms with Crippen molar-refractivity contribution in [3.63, 3.8) is 0 Å². The lowest BCUT2D eigenvalue weighted by Crippen LogP contribution is -2.25. The van der Waals surface area contributed by atoms with Crippen LogP contribution in [0.1, 0.15) is 48.5 Å². The van der Waals surface area contributed by atoms with Crippen molar-refractivity contribution in [2.75, 3.05) is 0 Å². The fourth-order valence-corrected chi connectivity index (χ4v) is 3.65. The van der Waals surface area contributed by atoms with Gasteiger partial charge in [0, 0.05) is 30.4 Å². The quantitative estimate of drug-likeness (QED) is 0.612. The molecule has 0 aromatic carbocycles. The van der Waals surface area contributed by atoms with Crippen LogP contribution in [0.25, 0.3) is 11.3 Å². The second-order valence-electron chi connectivity index (χ2n) is 7.05. The molecule has 0 aliphatic carbocycles. The maximum Gasteiger partial charge on any atom is 0.307 e. The maximum atomic E-state index is 11.8. The topological polar surface area (TPSA) is 122 Å². The number of hydrogen-bond acceptors (Lipinski definition) is 6. The van der Waals surface area contributed by atoms with Crippen molar-refractivity contribution in [1.82, 2.24) is 35.4 Å². The largest absolute Gasteiger partial charge is 0.481 e. The molecule has 28 heavy (non-hydrogen) atoms. The van der Waals surface area contributed by atoms with E-state index in [1.807, 2.05) is 44.6 Å². The first-order chi connectivity index (χ1) is 13.4. The minimum atomic E-state index is -0.838. The van der Waals surface area contributed by atoms with Crippen molar-refractivity contribution >= 4 is 5.97 Å². The standard InChI is InChI=1S/C19H25N7O2/c1-5-6-14(19(27)28)15(18-21-24-25-22-18)9-13-7-8-16(20-10-13)17-11(2)23-26(4)12(17)3/h7-8,10,14-15H,5-6,9H2,1-4H3,(H,27,28)(H,21,22,24,25)/t14-,15?/m0/s1. The Hall–Kier alpha value is -3.10. The Labute approximate surface area is 163 Å². The van der Waals surface area contributed by atoms with Gasteiger partial charge in [-0.3, -0.25) is 14.5 Å². The Morgan fingerprint density at radius 2 is 2.11 bits per heavy atom. The van der Waals surface area contributed by atoms with Crippen LogP contribution in [0.2, 0.25) is 0 Å². The molecule has 0 saturated heterocycles. The Morgan fingerprint density at radius 3 is 2.61 bits per heavy atom. The van der Waals surface area contributed by atoms with Gasteiger partial charge in [-0.2, -0.15) is 5.10 Å². The molecule has 9 heteroatoms. The molecule has 3 heterocycles. The molecule has 0 aliphatic heterocycles. The van der Waals surface area contributed by atoms with Crippen LogP contribution in [0.3, 0.4) is 0 Å². The Kier molecular flexibility index (Phi) is 5.81. The van der Waals surface area contributed by atoms with Crippen LogP contribution in [0.4, 0.5) is 0 Å². The van der Waals surface area contributed by atoms with E-state index in [0.29, 0.717) is 18.7 Å². The molecule has 0 radical (unpaired) electrons. The van der Waals surface area contributed by atoms with Crippen LogP contribution in [-0.2, 0) is 18.3 Å². The van der Waals surface area contributed by atoms with Gasteiger partial charge in [0.25, 0.3) is 0 Å². The lowest BCUT2D eigenvalue weighted by molar-refractivity contribution is -0.142. The Balaban J connectivity index is 1.88. The van der Waals surface area contributed by atoms with Gasteiger partial charge in [0.1, 0.15) is 0 Å². The zero-order valence-electron chi connectivity index (χ0n) is 16.5. The van der Waals surface area contributed by atoms with Crippen molar-refractivity contribution in [1.29, 1.82) is 0 Å². The van der Waals surface area contributed by atoms with Gasteiger partial charge >= 0.3 is 5.97 Å². The predicted molar refractivity (Wildman–Crippen MR) is 103 cm³/mol. The van der Waals surface area contributed by atoms with Crippen LogP contribution >= 0.6 is 0 Å². The van der Waals surface area contributed by atoms with Crippen molar-refractivity contribution < 1.29 is 9.90 Å². The van der Waals surface area contributed by atoms with E-state index in [9.17, 15) is 9.90 Å². The van der Waals surface area contributed by atoms with Crippen LogP contribution < -0.4 is 0 Å². The minimum absolute atomic E-state index is 0.345. The highest BCUT2D eigenvalue weighted by Crippen LogP contribution is 2.31. The molecule has 0 fully saturated rings. The van der Waals surface area contributed by atoms with E-state index in [1.54, 1.807) is 6.20 Å². The molecule has 0 spiro atoms. The molecule has 148 valence electrons. The summed E-state index contributed by atoms with van der Waals surface area (Å²) in [5.41, 5.74) is 4.80. The number of carboxylic acids is 1. The van der Waals surface area contributed by atoms with Crippen molar-refractivity contribution in [2.24, 2.45) is 13.0 Å². The van der Waals surface area contributed by atoms with Gasteiger partial charge in [-0.15, -0.1) is 5.10 Å². The first-order valence-corrected chi connectivity index (χ1v) is 9.34. The average molecular weight is 383 g/mol. The molecule has 9 nitrogen and oxygen atoms in total. The average Bonchev–Trinajstić information content (AvgIpc) is 3.27. The molecule has 1 unspecified atom stereocenters. The number of aliphatic carboxylic acids is 1. The summed E-state index contributed by atoms with van der Waals surface area (Å²) < 4.78 is 1.84. The highest BCUT2D eigenvalue weighted by Gasteiger charge is 2.31. The fourth-order valence-electron chi connectivity index (χ4n) is 3.65. The fraction of sp³-hybridized carbons (Fsp3) is 0.474. The van der Waals surface area contributed by atoms with Crippen LogP contribution in [0, 0.1) is 19.8 Å². The predicted octanol–water partition coefficient (Wildman–Crippen LogP) is 2.44. The van der Waals surface area contributed by atoms with Gasteiger partial charge < -0.3 is 5.11 Å². The summed E-state index contributed by atoms with van der Waals surface area (Å²) in [5, 5.41) is 28.1. The van der Waals surface area contributed by atoms with E-state index < -0.39 is 11.9 Å². The first kappa shape index (κ1) is 19.7. The van der Waals surface area contributed by atoms with E-state index in [2.05, 4.69) is 30.7 Å². The van der Waals surface area contributed by atoms with Gasteiger partial charge in [0.05, 0.1) is 17.3 Å². The van der Waals surface area contributed by atoms with Gasteiger partial charge in [-0.1, -0.05) is 19.4 Å². The number of rotatable bonds is 8. The highest BCUT2D eigenvalue weighted by molar-refractivity contribution is 5.71. The number of pyridine rings is 1. The third kappa shape index (κ3) is 3.92. The number of carboxylic acid groups (broad SMARTS) is 1. The molecular weight excluding hydrogens is 358 g/mol. The monoisotopic (exact) mass is 383 g/mol. The normalized spacial score (nSPS) is 13.4. The third-order valence-corrected chi connectivity index (χ3v) is 5.16.